The second kappa shape index (κ2) is 7.25. The summed E-state index contributed by atoms with van der Waals surface area (Å²) in [6.07, 6.45) is 3.85. The lowest BCUT2D eigenvalue weighted by molar-refractivity contribution is 0.417. The van der Waals surface area contributed by atoms with Crippen molar-refractivity contribution in [3.8, 4) is 17.0 Å². The van der Waals surface area contributed by atoms with Gasteiger partial charge in [-0.25, -0.2) is 13.4 Å². The van der Waals surface area contributed by atoms with Gasteiger partial charge in [-0.1, -0.05) is 18.2 Å². The van der Waals surface area contributed by atoms with Gasteiger partial charge >= 0.3 is 0 Å². The molecule has 2 heterocycles. The van der Waals surface area contributed by atoms with Crippen LogP contribution < -0.4 is 9.46 Å². The van der Waals surface area contributed by atoms with Crippen LogP contribution in [0, 0.1) is 13.8 Å². The number of ether oxygens (including phenoxy) is 1. The van der Waals surface area contributed by atoms with Crippen LogP contribution >= 0.6 is 0 Å². The molecule has 0 atom stereocenters. The number of anilines is 1. The number of aryl methyl sites for hydroxylation is 2. The summed E-state index contributed by atoms with van der Waals surface area (Å²) in [6.45, 7) is 3.85. The number of sulfonamides is 1. The average Bonchev–Trinajstić information content (AvgIpc) is 3.13. The number of fused-ring (bicyclic) bond motifs is 1. The highest BCUT2D eigenvalue weighted by atomic mass is 32.2. The second-order valence-electron chi connectivity index (χ2n) is 6.89. The molecule has 0 spiro atoms. The van der Waals surface area contributed by atoms with Crippen LogP contribution in [0.15, 0.2) is 71.9 Å². The summed E-state index contributed by atoms with van der Waals surface area (Å²) in [4.78, 5) is 4.89. The largest absolute Gasteiger partial charge is 0.495 e. The first-order valence-corrected chi connectivity index (χ1v) is 10.6. The maximum Gasteiger partial charge on any atom is 0.262 e. The molecule has 0 saturated carbocycles. The first-order valence-electron chi connectivity index (χ1n) is 9.09. The Bertz CT molecular complexity index is 1310. The Labute approximate surface area is 169 Å². The Morgan fingerprint density at radius 1 is 1.03 bits per heavy atom. The molecule has 6 nitrogen and oxygen atoms in total. The molecule has 2 aromatic carbocycles. The van der Waals surface area contributed by atoms with E-state index in [1.54, 1.807) is 30.3 Å². The van der Waals surface area contributed by atoms with Crippen LogP contribution in [-0.4, -0.2) is 24.9 Å². The normalized spacial score (nSPS) is 11.6. The molecule has 1 N–H and O–H groups in total. The van der Waals surface area contributed by atoms with E-state index in [0.29, 0.717) is 11.4 Å². The fourth-order valence-electron chi connectivity index (χ4n) is 3.23. The molecule has 0 aliphatic heterocycles. The van der Waals surface area contributed by atoms with Gasteiger partial charge in [0.25, 0.3) is 10.0 Å². The van der Waals surface area contributed by atoms with Gasteiger partial charge in [-0.15, -0.1) is 0 Å². The number of hydrogen-bond acceptors (Lipinski definition) is 4. The van der Waals surface area contributed by atoms with E-state index in [1.807, 2.05) is 54.9 Å². The molecule has 0 aliphatic carbocycles. The monoisotopic (exact) mass is 407 g/mol. The molecule has 2 aromatic heterocycles. The van der Waals surface area contributed by atoms with Crippen molar-refractivity contribution in [3.63, 3.8) is 0 Å². The van der Waals surface area contributed by atoms with Crippen molar-refractivity contribution in [2.75, 3.05) is 11.8 Å². The third kappa shape index (κ3) is 3.69. The van der Waals surface area contributed by atoms with Gasteiger partial charge in [0.2, 0.25) is 0 Å². The van der Waals surface area contributed by atoms with Crippen LogP contribution in [0.1, 0.15) is 11.1 Å². The summed E-state index contributed by atoms with van der Waals surface area (Å²) < 4.78 is 35.7. The molecule has 0 bridgehead atoms. The number of hydrogen-bond donors (Lipinski definition) is 1. The second-order valence-corrected chi connectivity index (χ2v) is 8.57. The highest BCUT2D eigenvalue weighted by molar-refractivity contribution is 7.92. The van der Waals surface area contributed by atoms with Crippen LogP contribution in [0.5, 0.6) is 5.75 Å². The number of imidazole rings is 1. The molecule has 29 heavy (non-hydrogen) atoms. The highest BCUT2D eigenvalue weighted by Crippen LogP contribution is 2.32. The lowest BCUT2D eigenvalue weighted by Crippen LogP contribution is -2.13. The summed E-state index contributed by atoms with van der Waals surface area (Å²) >= 11 is 0. The molecular weight excluding hydrogens is 386 g/mol. The summed E-state index contributed by atoms with van der Waals surface area (Å²) in [6, 6.07) is 16.1. The fourth-order valence-corrected chi connectivity index (χ4v) is 4.39. The van der Waals surface area contributed by atoms with Gasteiger partial charge in [-0.3, -0.25) is 4.72 Å². The Kier molecular flexibility index (Phi) is 4.76. The zero-order valence-electron chi connectivity index (χ0n) is 16.4. The van der Waals surface area contributed by atoms with Gasteiger partial charge in [-0.2, -0.15) is 0 Å². The lowest BCUT2D eigenvalue weighted by atomic mass is 10.1. The topological polar surface area (TPSA) is 72.7 Å². The number of methoxy groups -OCH3 is 1. The van der Waals surface area contributed by atoms with Crippen LogP contribution in [0.3, 0.4) is 0 Å². The zero-order valence-corrected chi connectivity index (χ0v) is 17.2. The standard InChI is InChI=1S/C22H21N3O3S/c1-15-6-4-8-18(12-15)29(26,27)24-19-13-17(9-10-21(19)28-3)20-14-25-11-5-7-16(2)22(25)23-20/h4-14,24H,1-3H3. The SMILES string of the molecule is COc1ccc(-c2cn3cccc(C)c3n2)cc1NS(=O)(=O)c1cccc(C)c1. The molecule has 0 radical (unpaired) electrons. The molecule has 0 aliphatic rings. The molecule has 4 rings (SSSR count). The summed E-state index contributed by atoms with van der Waals surface area (Å²) in [5, 5.41) is 0. The Morgan fingerprint density at radius 3 is 2.59 bits per heavy atom. The molecule has 0 amide bonds. The van der Waals surface area contributed by atoms with Crippen molar-refractivity contribution < 1.29 is 13.2 Å². The van der Waals surface area contributed by atoms with E-state index in [9.17, 15) is 8.42 Å². The number of benzene rings is 2. The van der Waals surface area contributed by atoms with E-state index in [-0.39, 0.29) is 4.90 Å². The Morgan fingerprint density at radius 2 is 1.86 bits per heavy atom. The van der Waals surface area contributed by atoms with Crippen molar-refractivity contribution in [1.82, 2.24) is 9.38 Å². The third-order valence-corrected chi connectivity index (χ3v) is 6.08. The minimum absolute atomic E-state index is 0.202. The third-order valence-electron chi connectivity index (χ3n) is 4.72. The van der Waals surface area contributed by atoms with Crippen LogP contribution in [0.4, 0.5) is 5.69 Å². The first-order chi connectivity index (χ1) is 13.9. The van der Waals surface area contributed by atoms with Crippen molar-refractivity contribution in [2.24, 2.45) is 0 Å². The van der Waals surface area contributed by atoms with Crippen molar-refractivity contribution in [1.29, 1.82) is 0 Å². The van der Waals surface area contributed by atoms with E-state index in [4.69, 9.17) is 9.72 Å². The van der Waals surface area contributed by atoms with E-state index < -0.39 is 10.0 Å². The van der Waals surface area contributed by atoms with Gasteiger partial charge in [-0.05, 0) is 61.4 Å². The van der Waals surface area contributed by atoms with Gasteiger partial charge < -0.3 is 9.14 Å². The molecule has 7 heteroatoms. The van der Waals surface area contributed by atoms with E-state index in [2.05, 4.69) is 4.72 Å². The van der Waals surface area contributed by atoms with Crippen molar-refractivity contribution >= 4 is 21.4 Å². The van der Waals surface area contributed by atoms with Gasteiger partial charge in [0.15, 0.2) is 0 Å². The molecule has 4 aromatic rings. The van der Waals surface area contributed by atoms with Crippen LogP contribution in [0.25, 0.3) is 16.9 Å². The number of aromatic nitrogens is 2. The molecule has 148 valence electrons. The molecular formula is C22H21N3O3S. The summed E-state index contributed by atoms with van der Waals surface area (Å²) in [5.74, 6) is 0.435. The van der Waals surface area contributed by atoms with Gasteiger partial charge in [0.1, 0.15) is 11.4 Å². The number of rotatable bonds is 5. The number of nitrogens with zero attached hydrogens (tertiary/aromatic N) is 2. The van der Waals surface area contributed by atoms with Gasteiger partial charge in [0, 0.05) is 18.0 Å². The van der Waals surface area contributed by atoms with Crippen molar-refractivity contribution in [2.45, 2.75) is 18.7 Å². The highest BCUT2D eigenvalue weighted by Gasteiger charge is 2.18. The number of nitrogens with one attached hydrogen (secondary N) is 1. The number of pyridine rings is 1. The maximum atomic E-state index is 12.9. The minimum Gasteiger partial charge on any atom is -0.495 e. The Balaban J connectivity index is 1.76. The molecule has 0 saturated heterocycles. The fraction of sp³-hybridized carbons (Fsp3) is 0.136. The smallest absolute Gasteiger partial charge is 0.262 e. The molecule has 0 fully saturated rings. The quantitative estimate of drug-likeness (QED) is 0.531. The lowest BCUT2D eigenvalue weighted by Gasteiger charge is -2.13. The van der Waals surface area contributed by atoms with Gasteiger partial charge in [0.05, 0.1) is 23.4 Å². The van der Waals surface area contributed by atoms with Crippen LogP contribution in [-0.2, 0) is 10.0 Å². The van der Waals surface area contributed by atoms with E-state index in [1.165, 1.54) is 7.11 Å². The summed E-state index contributed by atoms with van der Waals surface area (Å²) in [7, 11) is -2.25. The maximum absolute atomic E-state index is 12.9. The minimum atomic E-state index is -3.75. The predicted molar refractivity (Wildman–Crippen MR) is 114 cm³/mol. The summed E-state index contributed by atoms with van der Waals surface area (Å²) in [5.41, 5.74) is 4.69. The average molecular weight is 407 g/mol. The van der Waals surface area contributed by atoms with Crippen molar-refractivity contribution in [3.05, 3.63) is 78.1 Å². The predicted octanol–water partition coefficient (Wildman–Crippen LogP) is 4.43. The van der Waals surface area contributed by atoms with E-state index >= 15 is 0 Å². The molecule has 0 unspecified atom stereocenters. The Hall–Kier alpha value is -3.32. The van der Waals surface area contributed by atoms with Crippen LogP contribution in [0.2, 0.25) is 0 Å². The zero-order chi connectivity index (χ0) is 20.6. The van der Waals surface area contributed by atoms with E-state index in [0.717, 1.165) is 28.0 Å². The first kappa shape index (κ1) is 19.0.